The first-order valence-electron chi connectivity index (χ1n) is 11.8. The van der Waals surface area contributed by atoms with Crippen LogP contribution in [0.3, 0.4) is 0 Å². The van der Waals surface area contributed by atoms with E-state index in [0.29, 0.717) is 36.7 Å². The van der Waals surface area contributed by atoms with Gasteiger partial charge in [0.2, 0.25) is 5.28 Å². The van der Waals surface area contributed by atoms with Gasteiger partial charge in [-0.15, -0.1) is 0 Å². The Morgan fingerprint density at radius 3 is 2.54 bits per heavy atom. The standard InChI is InChI=1S/C26H29ClN4O4/c1-26(2,3)24(32)35-12-16-11-15(5-10-21(16)33-4)20-9-8-19-22(28-20)29-25(27)30-23(19)31-17-6-7-18(31)14-34-13-17/h5,8-11,17-18H,6-7,12-14H2,1-4H3. The molecule has 4 heterocycles. The van der Waals surface area contributed by atoms with E-state index < -0.39 is 5.41 Å². The number of carbonyl (C=O) groups is 1. The van der Waals surface area contributed by atoms with Gasteiger partial charge in [-0.2, -0.15) is 9.97 Å². The SMILES string of the molecule is COc1ccc(-c2ccc3c(N4C5CCC4COC5)nc(Cl)nc3n2)cc1COC(=O)C(C)(C)C. The minimum atomic E-state index is -0.582. The van der Waals surface area contributed by atoms with Gasteiger partial charge in [0, 0.05) is 11.1 Å². The molecule has 35 heavy (non-hydrogen) atoms. The van der Waals surface area contributed by atoms with Crippen LogP contribution in [0.25, 0.3) is 22.3 Å². The Bertz CT molecular complexity index is 1260. The number of aromatic nitrogens is 3. The maximum absolute atomic E-state index is 12.3. The first-order valence-corrected chi connectivity index (χ1v) is 12.2. The fourth-order valence-electron chi connectivity index (χ4n) is 4.71. The minimum absolute atomic E-state index is 0.110. The van der Waals surface area contributed by atoms with E-state index >= 15 is 0 Å². The Labute approximate surface area is 209 Å². The van der Waals surface area contributed by atoms with Crippen LogP contribution in [0.4, 0.5) is 5.82 Å². The highest BCUT2D eigenvalue weighted by Gasteiger charge is 2.39. The zero-order chi connectivity index (χ0) is 24.7. The maximum atomic E-state index is 12.3. The van der Waals surface area contributed by atoms with Gasteiger partial charge < -0.3 is 19.1 Å². The van der Waals surface area contributed by atoms with E-state index in [1.807, 2.05) is 51.1 Å². The van der Waals surface area contributed by atoms with Crippen LogP contribution in [0, 0.1) is 5.41 Å². The molecule has 3 aromatic rings. The fraction of sp³-hybridized carbons (Fsp3) is 0.462. The number of nitrogens with zero attached hydrogens (tertiary/aromatic N) is 4. The molecule has 184 valence electrons. The molecule has 9 heteroatoms. The molecule has 5 rings (SSSR count). The summed E-state index contributed by atoms with van der Waals surface area (Å²) in [6.45, 7) is 6.97. The Morgan fingerprint density at radius 1 is 1.11 bits per heavy atom. The lowest BCUT2D eigenvalue weighted by Gasteiger charge is -2.36. The van der Waals surface area contributed by atoms with Crippen LogP contribution < -0.4 is 9.64 Å². The number of morpholine rings is 1. The van der Waals surface area contributed by atoms with Crippen molar-refractivity contribution in [2.24, 2.45) is 5.41 Å². The number of pyridine rings is 1. The molecule has 0 aliphatic carbocycles. The molecule has 2 aliphatic heterocycles. The van der Waals surface area contributed by atoms with E-state index in [9.17, 15) is 4.79 Å². The normalized spacial score (nSPS) is 19.7. The average Bonchev–Trinajstić information content (AvgIpc) is 3.08. The second kappa shape index (κ2) is 9.24. The van der Waals surface area contributed by atoms with E-state index in [0.717, 1.165) is 40.9 Å². The molecule has 2 bridgehead atoms. The molecule has 1 aromatic carbocycles. The average molecular weight is 497 g/mol. The van der Waals surface area contributed by atoms with Gasteiger partial charge in [-0.3, -0.25) is 4.79 Å². The van der Waals surface area contributed by atoms with Crippen molar-refractivity contribution in [2.45, 2.75) is 52.3 Å². The van der Waals surface area contributed by atoms with Crippen LogP contribution in [-0.4, -0.2) is 53.3 Å². The number of hydrogen-bond donors (Lipinski definition) is 0. The van der Waals surface area contributed by atoms with Crippen molar-refractivity contribution in [1.29, 1.82) is 0 Å². The number of esters is 1. The molecule has 0 amide bonds. The molecule has 8 nitrogen and oxygen atoms in total. The Balaban J connectivity index is 1.49. The molecule has 0 spiro atoms. The molecule has 0 radical (unpaired) electrons. The van der Waals surface area contributed by atoms with Crippen LogP contribution >= 0.6 is 11.6 Å². The molecule has 0 N–H and O–H groups in total. The zero-order valence-corrected chi connectivity index (χ0v) is 21.1. The van der Waals surface area contributed by atoms with Gasteiger partial charge in [0.05, 0.1) is 48.9 Å². The number of halogens is 1. The lowest BCUT2D eigenvalue weighted by molar-refractivity contribution is -0.154. The van der Waals surface area contributed by atoms with Crippen molar-refractivity contribution in [1.82, 2.24) is 15.0 Å². The second-order valence-electron chi connectivity index (χ2n) is 10.1. The number of methoxy groups -OCH3 is 1. The third-order valence-electron chi connectivity index (χ3n) is 6.54. The van der Waals surface area contributed by atoms with Gasteiger partial charge in [-0.25, -0.2) is 4.98 Å². The zero-order valence-electron chi connectivity index (χ0n) is 20.4. The summed E-state index contributed by atoms with van der Waals surface area (Å²) in [7, 11) is 1.59. The lowest BCUT2D eigenvalue weighted by atomic mass is 9.97. The monoisotopic (exact) mass is 496 g/mol. The fourth-order valence-corrected chi connectivity index (χ4v) is 4.87. The summed E-state index contributed by atoms with van der Waals surface area (Å²) >= 11 is 6.34. The predicted molar refractivity (Wildman–Crippen MR) is 134 cm³/mol. The molecule has 2 atom stereocenters. The van der Waals surface area contributed by atoms with Crippen molar-refractivity contribution in [2.75, 3.05) is 25.2 Å². The van der Waals surface area contributed by atoms with E-state index in [1.165, 1.54) is 0 Å². The number of benzene rings is 1. The summed E-state index contributed by atoms with van der Waals surface area (Å²) in [5.41, 5.74) is 2.31. The highest BCUT2D eigenvalue weighted by Crippen LogP contribution is 2.37. The van der Waals surface area contributed by atoms with Gasteiger partial charge in [0.15, 0.2) is 5.65 Å². The molecule has 2 aromatic heterocycles. The van der Waals surface area contributed by atoms with Gasteiger partial charge in [0.25, 0.3) is 0 Å². The molecule has 2 aliphatic rings. The number of ether oxygens (including phenoxy) is 3. The van der Waals surface area contributed by atoms with E-state index in [-0.39, 0.29) is 17.9 Å². The van der Waals surface area contributed by atoms with Crippen molar-refractivity contribution in [3.8, 4) is 17.0 Å². The van der Waals surface area contributed by atoms with Gasteiger partial charge in [0.1, 0.15) is 18.2 Å². The highest BCUT2D eigenvalue weighted by atomic mass is 35.5. The minimum Gasteiger partial charge on any atom is -0.496 e. The first kappa shape index (κ1) is 23.8. The highest BCUT2D eigenvalue weighted by molar-refractivity contribution is 6.28. The molecular formula is C26H29ClN4O4. The second-order valence-corrected chi connectivity index (χ2v) is 10.4. The summed E-state index contributed by atoms with van der Waals surface area (Å²) < 4.78 is 16.7. The van der Waals surface area contributed by atoms with E-state index in [4.69, 9.17) is 30.8 Å². The smallest absolute Gasteiger partial charge is 0.311 e. The Hall–Kier alpha value is -2.97. The van der Waals surface area contributed by atoms with Crippen LogP contribution in [0.15, 0.2) is 30.3 Å². The summed E-state index contributed by atoms with van der Waals surface area (Å²) in [6.07, 6.45) is 2.15. The van der Waals surface area contributed by atoms with Crippen molar-refractivity contribution in [3.63, 3.8) is 0 Å². The van der Waals surface area contributed by atoms with E-state index in [2.05, 4.69) is 14.9 Å². The quantitative estimate of drug-likeness (QED) is 0.367. The van der Waals surface area contributed by atoms with Crippen LogP contribution in [0.5, 0.6) is 5.75 Å². The third-order valence-corrected chi connectivity index (χ3v) is 6.71. The largest absolute Gasteiger partial charge is 0.496 e. The van der Waals surface area contributed by atoms with Crippen molar-refractivity contribution < 1.29 is 19.0 Å². The maximum Gasteiger partial charge on any atom is 0.311 e. The van der Waals surface area contributed by atoms with Crippen LogP contribution in [0.1, 0.15) is 39.2 Å². The number of rotatable bonds is 5. The first-order chi connectivity index (χ1) is 16.7. The lowest BCUT2D eigenvalue weighted by Crippen LogP contribution is -2.46. The van der Waals surface area contributed by atoms with Crippen LogP contribution in [0.2, 0.25) is 5.28 Å². The number of carbonyl (C=O) groups excluding carboxylic acids is 1. The topological polar surface area (TPSA) is 86.7 Å². The number of hydrogen-bond acceptors (Lipinski definition) is 8. The van der Waals surface area contributed by atoms with Crippen molar-refractivity contribution in [3.05, 3.63) is 41.2 Å². The third kappa shape index (κ3) is 4.65. The Morgan fingerprint density at radius 2 is 1.86 bits per heavy atom. The molecular weight excluding hydrogens is 468 g/mol. The summed E-state index contributed by atoms with van der Waals surface area (Å²) in [4.78, 5) is 28.4. The predicted octanol–water partition coefficient (Wildman–Crippen LogP) is 4.81. The van der Waals surface area contributed by atoms with Gasteiger partial charge in [-0.1, -0.05) is 0 Å². The molecule has 2 unspecified atom stereocenters. The molecule has 2 fully saturated rings. The van der Waals surface area contributed by atoms with Crippen LogP contribution in [-0.2, 0) is 20.9 Å². The van der Waals surface area contributed by atoms with Gasteiger partial charge >= 0.3 is 5.97 Å². The molecule has 2 saturated heterocycles. The number of fused-ring (bicyclic) bond motifs is 3. The summed E-state index contributed by atoms with van der Waals surface area (Å²) in [6, 6.07) is 10.2. The number of anilines is 1. The van der Waals surface area contributed by atoms with E-state index in [1.54, 1.807) is 7.11 Å². The Kier molecular flexibility index (Phi) is 6.27. The van der Waals surface area contributed by atoms with Gasteiger partial charge in [-0.05, 0) is 75.5 Å². The summed E-state index contributed by atoms with van der Waals surface area (Å²) in [5.74, 6) is 1.19. The van der Waals surface area contributed by atoms with Crippen molar-refractivity contribution >= 4 is 34.4 Å². The molecule has 0 saturated carbocycles. The summed E-state index contributed by atoms with van der Waals surface area (Å²) in [5, 5.41) is 1.04.